The number of carbonyl (C=O) groups is 1. The number of carbonyl (C=O) groups excluding carboxylic acids is 1. The van der Waals surface area contributed by atoms with Crippen molar-refractivity contribution >= 4 is 5.91 Å². The molecule has 3 nitrogen and oxygen atoms in total. The summed E-state index contributed by atoms with van der Waals surface area (Å²) in [6.45, 7) is 0. The van der Waals surface area contributed by atoms with Gasteiger partial charge in [-0.3, -0.25) is 4.79 Å². The first-order valence-corrected chi connectivity index (χ1v) is 7.40. The lowest BCUT2D eigenvalue weighted by Crippen LogP contribution is -2.23. The number of hydrogen-bond donors (Lipinski definition) is 1. The molecule has 1 N–H and O–H groups in total. The molecule has 0 fully saturated rings. The average Bonchev–Trinajstić information content (AvgIpc) is 2.99. The van der Waals surface area contributed by atoms with E-state index in [0.29, 0.717) is 12.1 Å². The van der Waals surface area contributed by atoms with Crippen molar-refractivity contribution in [3.8, 4) is 6.07 Å². The molecule has 23 heavy (non-hydrogen) atoms. The molecule has 0 radical (unpaired) electrons. The van der Waals surface area contributed by atoms with Crippen LogP contribution >= 0.6 is 0 Å². The smallest absolute Gasteiger partial charge is 0.258 e. The van der Waals surface area contributed by atoms with Crippen LogP contribution in [0.5, 0.6) is 0 Å². The van der Waals surface area contributed by atoms with Crippen molar-refractivity contribution in [1.29, 1.82) is 5.26 Å². The van der Waals surface area contributed by atoms with E-state index in [0.717, 1.165) is 5.56 Å². The molecule has 0 heterocycles. The maximum absolute atomic E-state index is 13.7. The quantitative estimate of drug-likeness (QED) is 0.938. The second kappa shape index (κ2) is 6.45. The van der Waals surface area contributed by atoms with Crippen LogP contribution in [0, 0.1) is 23.1 Å². The zero-order chi connectivity index (χ0) is 16.2. The van der Waals surface area contributed by atoms with Gasteiger partial charge < -0.3 is 5.32 Å². The maximum Gasteiger partial charge on any atom is 0.258 e. The summed E-state index contributed by atoms with van der Waals surface area (Å²) in [5, 5.41) is 12.1. The van der Waals surface area contributed by atoms with Gasteiger partial charge in [-0.05, 0) is 30.2 Å². The van der Waals surface area contributed by atoms with Gasteiger partial charge >= 0.3 is 0 Å². The lowest BCUT2D eigenvalue weighted by Gasteiger charge is -2.14. The molecule has 0 spiro atoms. The number of benzene rings is 2. The molecule has 2 unspecified atom stereocenters. The van der Waals surface area contributed by atoms with Crippen molar-refractivity contribution < 1.29 is 9.18 Å². The second-order valence-electron chi connectivity index (χ2n) is 5.50. The monoisotopic (exact) mass is 306 g/mol. The van der Waals surface area contributed by atoms with E-state index in [1.165, 1.54) is 18.2 Å². The highest BCUT2D eigenvalue weighted by Crippen LogP contribution is 2.37. The van der Waals surface area contributed by atoms with Crippen molar-refractivity contribution in [2.45, 2.75) is 12.3 Å². The summed E-state index contributed by atoms with van der Waals surface area (Å²) >= 11 is 0. The minimum absolute atomic E-state index is 0.00469. The molecule has 3 rings (SSSR count). The van der Waals surface area contributed by atoms with E-state index in [1.54, 1.807) is 12.1 Å². The fourth-order valence-electron chi connectivity index (χ4n) is 2.87. The largest absolute Gasteiger partial charge is 0.326 e. The van der Waals surface area contributed by atoms with Gasteiger partial charge in [-0.15, -0.1) is 0 Å². The number of nitrogens with one attached hydrogen (secondary N) is 1. The first-order chi connectivity index (χ1) is 11.2. The van der Waals surface area contributed by atoms with Crippen LogP contribution in [-0.2, 0) is 0 Å². The van der Waals surface area contributed by atoms with Gasteiger partial charge in [-0.25, -0.2) is 4.39 Å². The van der Waals surface area contributed by atoms with E-state index in [-0.39, 0.29) is 17.4 Å². The molecule has 1 amide bonds. The standard InChI is InChI=1S/C19H15FN2O/c20-18-9-5-4-8-16(18)19(23)22-15-10-14(12-21)17(11-15)13-6-2-1-3-7-13/h1-10,14,17H,11H2,(H,22,23). The Bertz CT molecular complexity index is 793. The van der Waals surface area contributed by atoms with Gasteiger partial charge in [0.1, 0.15) is 5.82 Å². The van der Waals surface area contributed by atoms with Crippen LogP contribution in [0.25, 0.3) is 0 Å². The number of amides is 1. The Labute approximate surface area is 134 Å². The molecule has 1 aliphatic carbocycles. The van der Waals surface area contributed by atoms with E-state index < -0.39 is 11.7 Å². The van der Waals surface area contributed by atoms with Gasteiger partial charge in [0.05, 0.1) is 17.6 Å². The Hall–Kier alpha value is -2.93. The van der Waals surface area contributed by atoms with Crippen molar-refractivity contribution in [1.82, 2.24) is 5.32 Å². The molecule has 0 aromatic heterocycles. The molecule has 0 saturated heterocycles. The summed E-state index contributed by atoms with van der Waals surface area (Å²) < 4.78 is 13.7. The molecular formula is C19H15FN2O. The highest BCUT2D eigenvalue weighted by Gasteiger charge is 2.29. The lowest BCUT2D eigenvalue weighted by molar-refractivity contribution is 0.0961. The summed E-state index contributed by atoms with van der Waals surface area (Å²) in [6.07, 6.45) is 2.32. The fraction of sp³-hybridized carbons (Fsp3) is 0.158. The predicted molar refractivity (Wildman–Crippen MR) is 84.9 cm³/mol. The predicted octanol–water partition coefficient (Wildman–Crippen LogP) is 3.77. The second-order valence-corrected chi connectivity index (χ2v) is 5.50. The van der Waals surface area contributed by atoms with Crippen LogP contribution in [-0.4, -0.2) is 5.91 Å². The van der Waals surface area contributed by atoms with Gasteiger partial charge in [-0.2, -0.15) is 5.26 Å². The Morgan fingerprint density at radius 3 is 2.52 bits per heavy atom. The summed E-state index contributed by atoms with van der Waals surface area (Å²) in [5.74, 6) is -1.33. The van der Waals surface area contributed by atoms with Crippen molar-refractivity contribution in [3.05, 3.63) is 83.3 Å². The normalized spacial score (nSPS) is 19.7. The van der Waals surface area contributed by atoms with E-state index in [9.17, 15) is 14.4 Å². The van der Waals surface area contributed by atoms with Gasteiger partial charge in [-0.1, -0.05) is 42.5 Å². The van der Waals surface area contributed by atoms with Crippen LogP contribution in [0.1, 0.15) is 28.3 Å². The molecule has 0 bridgehead atoms. The topological polar surface area (TPSA) is 52.9 Å². The number of nitrogens with zero attached hydrogens (tertiary/aromatic N) is 1. The summed E-state index contributed by atoms with van der Waals surface area (Å²) in [6, 6.07) is 17.9. The van der Waals surface area contributed by atoms with Gasteiger partial charge in [0.2, 0.25) is 0 Å². The lowest BCUT2D eigenvalue weighted by atomic mass is 9.89. The van der Waals surface area contributed by atoms with Crippen molar-refractivity contribution in [3.63, 3.8) is 0 Å². The summed E-state index contributed by atoms with van der Waals surface area (Å²) in [5.41, 5.74) is 1.73. The summed E-state index contributed by atoms with van der Waals surface area (Å²) in [7, 11) is 0. The first kappa shape index (κ1) is 15.0. The molecule has 0 saturated carbocycles. The third-order valence-electron chi connectivity index (χ3n) is 4.02. The molecule has 1 aliphatic rings. The minimum atomic E-state index is -0.556. The molecule has 4 heteroatoms. The Morgan fingerprint density at radius 2 is 1.83 bits per heavy atom. The number of allylic oxidation sites excluding steroid dienone is 2. The average molecular weight is 306 g/mol. The zero-order valence-electron chi connectivity index (χ0n) is 12.4. The SMILES string of the molecule is N#CC1C=C(NC(=O)c2ccccc2F)CC1c1ccccc1. The number of rotatable bonds is 3. The Kier molecular flexibility index (Phi) is 4.20. The molecule has 114 valence electrons. The number of halogens is 1. The van der Waals surface area contributed by atoms with Crippen LogP contribution in [0.2, 0.25) is 0 Å². The highest BCUT2D eigenvalue weighted by atomic mass is 19.1. The Balaban J connectivity index is 1.76. The molecule has 2 aromatic carbocycles. The van der Waals surface area contributed by atoms with Crippen LogP contribution < -0.4 is 5.32 Å². The maximum atomic E-state index is 13.7. The third kappa shape index (κ3) is 3.14. The number of nitriles is 1. The van der Waals surface area contributed by atoms with Crippen molar-refractivity contribution in [2.24, 2.45) is 5.92 Å². The number of hydrogen-bond acceptors (Lipinski definition) is 2. The van der Waals surface area contributed by atoms with Gasteiger partial charge in [0, 0.05) is 11.6 Å². The summed E-state index contributed by atoms with van der Waals surface area (Å²) in [4.78, 5) is 12.2. The van der Waals surface area contributed by atoms with Crippen LogP contribution in [0.3, 0.4) is 0 Å². The van der Waals surface area contributed by atoms with Gasteiger partial charge in [0.25, 0.3) is 5.91 Å². The molecule has 2 aromatic rings. The van der Waals surface area contributed by atoms with Crippen LogP contribution in [0.4, 0.5) is 4.39 Å². The highest BCUT2D eigenvalue weighted by molar-refractivity contribution is 5.95. The van der Waals surface area contributed by atoms with Crippen LogP contribution in [0.15, 0.2) is 66.4 Å². The Morgan fingerprint density at radius 1 is 1.13 bits per heavy atom. The van der Waals surface area contributed by atoms with E-state index in [1.807, 2.05) is 30.3 Å². The fourth-order valence-corrected chi connectivity index (χ4v) is 2.87. The minimum Gasteiger partial charge on any atom is -0.326 e. The van der Waals surface area contributed by atoms with E-state index in [4.69, 9.17) is 0 Å². The van der Waals surface area contributed by atoms with Crippen molar-refractivity contribution in [2.75, 3.05) is 0 Å². The molecule has 2 atom stereocenters. The zero-order valence-corrected chi connectivity index (χ0v) is 12.4. The van der Waals surface area contributed by atoms with Gasteiger partial charge in [0.15, 0.2) is 0 Å². The first-order valence-electron chi connectivity index (χ1n) is 7.40. The van der Waals surface area contributed by atoms with E-state index in [2.05, 4.69) is 11.4 Å². The molecule has 0 aliphatic heterocycles. The molecular weight excluding hydrogens is 291 g/mol. The van der Waals surface area contributed by atoms with E-state index >= 15 is 0 Å². The third-order valence-corrected chi connectivity index (χ3v) is 4.02.